The zero-order chi connectivity index (χ0) is 26.6. The summed E-state index contributed by atoms with van der Waals surface area (Å²) < 4.78 is 0. The first kappa shape index (κ1) is 24.8. The van der Waals surface area contributed by atoms with Crippen molar-refractivity contribution in [2.45, 2.75) is 51.2 Å². The van der Waals surface area contributed by atoms with Gasteiger partial charge in [0.1, 0.15) is 5.65 Å². The van der Waals surface area contributed by atoms with Crippen molar-refractivity contribution in [3.63, 3.8) is 0 Å². The van der Waals surface area contributed by atoms with Gasteiger partial charge in [-0.2, -0.15) is 0 Å². The maximum absolute atomic E-state index is 12.7. The van der Waals surface area contributed by atoms with Crippen molar-refractivity contribution in [2.75, 3.05) is 27.2 Å². The SMILES string of the molecule is C[C@H](O)CN(C)C(=O)c1ccc(-c2c[nH]c3ncc(-c4cc5c6c(c4)CN(C)CC6(C)CCC5)cc23)cc1. The normalized spacial score (nSPS) is 19.8. The highest BCUT2D eigenvalue weighted by Gasteiger charge is 2.38. The molecule has 1 aliphatic heterocycles. The largest absolute Gasteiger partial charge is 0.392 e. The molecule has 196 valence electrons. The number of benzene rings is 2. The molecule has 0 radical (unpaired) electrons. The fourth-order valence-electron chi connectivity index (χ4n) is 6.82. The number of likely N-dealkylation sites (N-methyl/N-ethyl adjacent to an activating group) is 2. The molecule has 2 aromatic heterocycles. The number of aliphatic hydroxyl groups is 1. The topological polar surface area (TPSA) is 72.5 Å². The van der Waals surface area contributed by atoms with Gasteiger partial charge >= 0.3 is 0 Å². The standard InChI is InChI=1S/C32H36N4O2/c1-20(37)17-36(4)31(38)22-9-7-21(8-10-22)28-16-34-30-27(28)14-25(15-33-30)24-12-23-6-5-11-32(2)19-35(3)18-26(13-24)29(23)32/h7-10,12-16,20,37H,5-6,11,17-19H2,1-4H3,(H,33,34)/t20-,32?/m0/s1. The van der Waals surface area contributed by atoms with Crippen LogP contribution in [0.15, 0.2) is 54.9 Å². The Morgan fingerprint density at radius 1 is 1.16 bits per heavy atom. The van der Waals surface area contributed by atoms with Gasteiger partial charge in [-0.15, -0.1) is 0 Å². The molecule has 1 unspecified atom stereocenters. The van der Waals surface area contributed by atoms with Crippen LogP contribution in [0.4, 0.5) is 0 Å². The van der Waals surface area contributed by atoms with Crippen molar-refractivity contribution in [1.29, 1.82) is 0 Å². The fraction of sp³-hybridized carbons (Fsp3) is 0.375. The van der Waals surface area contributed by atoms with Crippen LogP contribution in [0.3, 0.4) is 0 Å². The van der Waals surface area contributed by atoms with E-state index in [1.54, 1.807) is 24.4 Å². The van der Waals surface area contributed by atoms with Crippen molar-refractivity contribution in [3.8, 4) is 22.3 Å². The van der Waals surface area contributed by atoms with Crippen molar-refractivity contribution >= 4 is 16.9 Å². The Hall–Kier alpha value is -3.48. The minimum absolute atomic E-state index is 0.0987. The number of rotatable bonds is 5. The molecule has 38 heavy (non-hydrogen) atoms. The van der Waals surface area contributed by atoms with Gasteiger partial charge < -0.3 is 19.9 Å². The molecule has 2 N–H and O–H groups in total. The summed E-state index contributed by atoms with van der Waals surface area (Å²) in [6, 6.07) is 14.7. The van der Waals surface area contributed by atoms with Crippen molar-refractivity contribution in [3.05, 3.63) is 77.1 Å². The molecule has 6 nitrogen and oxygen atoms in total. The van der Waals surface area contributed by atoms with Crippen LogP contribution in [0.25, 0.3) is 33.3 Å². The molecule has 6 heteroatoms. The van der Waals surface area contributed by atoms with Gasteiger partial charge in [0.2, 0.25) is 0 Å². The van der Waals surface area contributed by atoms with Gasteiger partial charge in [-0.1, -0.05) is 25.1 Å². The van der Waals surface area contributed by atoms with Crippen LogP contribution in [0.2, 0.25) is 0 Å². The van der Waals surface area contributed by atoms with Crippen LogP contribution < -0.4 is 0 Å². The van der Waals surface area contributed by atoms with E-state index in [-0.39, 0.29) is 11.3 Å². The highest BCUT2D eigenvalue weighted by atomic mass is 16.3. The molecule has 0 saturated carbocycles. The Bertz CT molecular complexity index is 1520. The van der Waals surface area contributed by atoms with Crippen molar-refractivity contribution in [1.82, 2.24) is 19.8 Å². The quantitative estimate of drug-likeness (QED) is 0.379. The van der Waals surface area contributed by atoms with E-state index in [4.69, 9.17) is 4.98 Å². The Balaban J connectivity index is 1.35. The maximum atomic E-state index is 12.7. The second-order valence-corrected chi connectivity index (χ2v) is 11.7. The van der Waals surface area contributed by atoms with E-state index in [0.29, 0.717) is 12.1 Å². The number of aryl methyl sites for hydroxylation is 1. The van der Waals surface area contributed by atoms with E-state index in [1.165, 1.54) is 29.5 Å². The lowest BCUT2D eigenvalue weighted by Crippen LogP contribution is -2.44. The number of hydrogen-bond acceptors (Lipinski definition) is 4. The molecule has 2 atom stereocenters. The number of aromatic amines is 1. The van der Waals surface area contributed by atoms with E-state index in [2.05, 4.69) is 42.1 Å². The Kier molecular flexibility index (Phi) is 6.12. The predicted molar refractivity (Wildman–Crippen MR) is 152 cm³/mol. The number of hydrogen-bond donors (Lipinski definition) is 2. The van der Waals surface area contributed by atoms with Gasteiger partial charge in [-0.3, -0.25) is 4.79 Å². The van der Waals surface area contributed by atoms with Crippen LogP contribution in [-0.4, -0.2) is 64.1 Å². The van der Waals surface area contributed by atoms with Crippen LogP contribution >= 0.6 is 0 Å². The van der Waals surface area contributed by atoms with Crippen LogP contribution in [0, 0.1) is 0 Å². The predicted octanol–water partition coefficient (Wildman–Crippen LogP) is 5.39. The van der Waals surface area contributed by atoms with E-state index in [1.807, 2.05) is 36.7 Å². The summed E-state index contributed by atoms with van der Waals surface area (Å²) in [5.74, 6) is -0.0987. The zero-order valence-electron chi connectivity index (χ0n) is 22.7. The molecule has 3 heterocycles. The highest BCUT2D eigenvalue weighted by molar-refractivity contribution is 5.98. The lowest BCUT2D eigenvalue weighted by atomic mass is 9.67. The summed E-state index contributed by atoms with van der Waals surface area (Å²) >= 11 is 0. The Morgan fingerprint density at radius 3 is 2.68 bits per heavy atom. The number of amides is 1. The van der Waals surface area contributed by atoms with Gasteiger partial charge in [0.05, 0.1) is 6.10 Å². The van der Waals surface area contributed by atoms with Gasteiger partial charge in [-0.05, 0) is 85.3 Å². The molecular formula is C32H36N4O2. The lowest BCUT2D eigenvalue weighted by Gasteiger charge is -2.45. The molecule has 0 saturated heterocycles. The summed E-state index contributed by atoms with van der Waals surface area (Å²) in [7, 11) is 3.95. The highest BCUT2D eigenvalue weighted by Crippen LogP contribution is 2.45. The van der Waals surface area contributed by atoms with Gasteiger partial charge in [0.15, 0.2) is 0 Å². The van der Waals surface area contributed by atoms with Crippen LogP contribution in [-0.2, 0) is 18.4 Å². The minimum atomic E-state index is -0.560. The maximum Gasteiger partial charge on any atom is 0.253 e. The van der Waals surface area contributed by atoms with Crippen molar-refractivity contribution < 1.29 is 9.90 Å². The monoisotopic (exact) mass is 508 g/mol. The molecule has 0 spiro atoms. The third kappa shape index (κ3) is 4.32. The second-order valence-electron chi connectivity index (χ2n) is 11.7. The summed E-state index contributed by atoms with van der Waals surface area (Å²) in [4.78, 5) is 24.8. The lowest BCUT2D eigenvalue weighted by molar-refractivity contribution is 0.0703. The number of fused-ring (bicyclic) bond motifs is 1. The molecule has 6 rings (SSSR count). The average Bonchev–Trinajstić information content (AvgIpc) is 3.30. The first-order valence-electron chi connectivity index (χ1n) is 13.6. The van der Waals surface area contributed by atoms with Gasteiger partial charge in [0.25, 0.3) is 5.91 Å². The Labute approximate surface area is 224 Å². The average molecular weight is 509 g/mol. The first-order valence-corrected chi connectivity index (χ1v) is 13.6. The van der Waals surface area contributed by atoms with E-state index in [9.17, 15) is 9.90 Å². The smallest absolute Gasteiger partial charge is 0.253 e. The van der Waals surface area contributed by atoms with Gasteiger partial charge in [-0.25, -0.2) is 4.98 Å². The van der Waals surface area contributed by atoms with E-state index < -0.39 is 6.10 Å². The Morgan fingerprint density at radius 2 is 1.92 bits per heavy atom. The molecule has 0 fully saturated rings. The molecule has 0 bridgehead atoms. The molecule has 2 aromatic carbocycles. The summed E-state index contributed by atoms with van der Waals surface area (Å²) in [6.45, 7) is 6.55. The molecule has 4 aromatic rings. The number of nitrogens with zero attached hydrogens (tertiary/aromatic N) is 3. The third-order valence-electron chi connectivity index (χ3n) is 8.33. The molecule has 1 aliphatic carbocycles. The minimum Gasteiger partial charge on any atom is -0.392 e. The fourth-order valence-corrected chi connectivity index (χ4v) is 6.82. The number of nitrogens with one attached hydrogen (secondary N) is 1. The van der Waals surface area contributed by atoms with E-state index in [0.717, 1.165) is 47.2 Å². The van der Waals surface area contributed by atoms with Crippen LogP contribution in [0.5, 0.6) is 0 Å². The van der Waals surface area contributed by atoms with Crippen LogP contribution in [0.1, 0.15) is 53.7 Å². The third-order valence-corrected chi connectivity index (χ3v) is 8.33. The number of aromatic nitrogens is 2. The number of carbonyl (C=O) groups excluding carboxylic acids is 1. The van der Waals surface area contributed by atoms with Crippen molar-refractivity contribution in [2.24, 2.45) is 0 Å². The number of carbonyl (C=O) groups is 1. The zero-order valence-corrected chi connectivity index (χ0v) is 22.7. The number of aliphatic hydroxyl groups excluding tert-OH is 1. The molecule has 2 aliphatic rings. The second kappa shape index (κ2) is 9.37. The number of H-pyrrole nitrogens is 1. The molecule has 1 amide bonds. The van der Waals surface area contributed by atoms with E-state index >= 15 is 0 Å². The van der Waals surface area contributed by atoms with Gasteiger partial charge in [0, 0.05) is 66.6 Å². The summed E-state index contributed by atoms with van der Waals surface area (Å²) in [6.07, 6.45) is 7.07. The molecular weight excluding hydrogens is 472 g/mol. The summed E-state index contributed by atoms with van der Waals surface area (Å²) in [5, 5.41) is 10.7. The first-order chi connectivity index (χ1) is 18.2. The number of pyridine rings is 1. The summed E-state index contributed by atoms with van der Waals surface area (Å²) in [5.41, 5.74) is 10.7.